The lowest BCUT2D eigenvalue weighted by atomic mass is 10.00. The lowest BCUT2D eigenvalue weighted by Gasteiger charge is -2.30. The Kier molecular flexibility index (Phi) is 9.84. The number of hydrogen-bond acceptors (Lipinski definition) is 9. The highest BCUT2D eigenvalue weighted by Crippen LogP contribution is 2.32. The van der Waals surface area contributed by atoms with Gasteiger partial charge in [0.25, 0.3) is 0 Å². The van der Waals surface area contributed by atoms with Gasteiger partial charge in [-0.15, -0.1) is 0 Å². The van der Waals surface area contributed by atoms with Gasteiger partial charge in [0.15, 0.2) is 11.5 Å². The van der Waals surface area contributed by atoms with E-state index < -0.39 is 0 Å². The number of benzene rings is 3. The number of anilines is 4. The molecule has 2 heterocycles. The van der Waals surface area contributed by atoms with Gasteiger partial charge >= 0.3 is 0 Å². The van der Waals surface area contributed by atoms with Crippen LogP contribution in [0.3, 0.4) is 0 Å². The standard InChI is InChI=1S/C32H35Cl2N7O2/c1-20-13-15-41(16-14-20)32-38-30(36-27-9-5-7-21(2)22(27)3)37-31(39-32)40-35-18-23-8-6-10-28(42-4)29(23)43-19-24-11-12-25(33)17-26(24)34/h5-12,17-18,20H,13-16,19H2,1-4H3,(H2,36,37,38,39,40)/b35-18-. The van der Waals surface area contributed by atoms with E-state index in [-0.39, 0.29) is 6.61 Å². The average molecular weight is 621 g/mol. The van der Waals surface area contributed by atoms with Crippen molar-refractivity contribution in [3.8, 4) is 11.5 Å². The van der Waals surface area contributed by atoms with E-state index in [1.54, 1.807) is 25.5 Å². The Bertz CT molecular complexity index is 1610. The molecular weight excluding hydrogens is 585 g/mol. The molecule has 0 radical (unpaired) electrons. The van der Waals surface area contributed by atoms with E-state index in [0.29, 0.717) is 50.9 Å². The molecule has 1 aliphatic rings. The second-order valence-electron chi connectivity index (χ2n) is 10.6. The number of aryl methyl sites for hydroxylation is 1. The minimum atomic E-state index is 0.226. The largest absolute Gasteiger partial charge is 0.493 e. The van der Waals surface area contributed by atoms with Crippen LogP contribution in [-0.2, 0) is 6.61 Å². The zero-order valence-corrected chi connectivity index (χ0v) is 26.2. The maximum atomic E-state index is 6.36. The number of nitrogens with zero attached hydrogens (tertiary/aromatic N) is 5. The van der Waals surface area contributed by atoms with Gasteiger partial charge in [-0.3, -0.25) is 0 Å². The molecule has 4 aromatic rings. The van der Waals surface area contributed by atoms with Crippen molar-refractivity contribution in [2.75, 3.05) is 35.8 Å². The molecule has 0 aliphatic carbocycles. The number of hydrazone groups is 1. The van der Waals surface area contributed by atoms with E-state index in [2.05, 4.69) is 52.6 Å². The quantitative estimate of drug-likeness (QED) is 0.137. The number of ether oxygens (including phenoxy) is 2. The summed E-state index contributed by atoms with van der Waals surface area (Å²) in [6.07, 6.45) is 3.82. The van der Waals surface area contributed by atoms with E-state index in [9.17, 15) is 0 Å². The minimum Gasteiger partial charge on any atom is -0.493 e. The lowest BCUT2D eigenvalue weighted by molar-refractivity contribution is 0.284. The minimum absolute atomic E-state index is 0.226. The first-order valence-electron chi connectivity index (χ1n) is 14.2. The molecule has 0 amide bonds. The van der Waals surface area contributed by atoms with Gasteiger partial charge in [0, 0.05) is 39.9 Å². The molecule has 1 fully saturated rings. The van der Waals surface area contributed by atoms with Crippen LogP contribution in [0.4, 0.5) is 23.5 Å². The van der Waals surface area contributed by atoms with Crippen LogP contribution < -0.4 is 25.1 Å². The molecule has 0 bridgehead atoms. The number of aromatic nitrogens is 3. The molecule has 2 N–H and O–H groups in total. The molecule has 1 aromatic heterocycles. The third-order valence-electron chi connectivity index (χ3n) is 7.53. The summed E-state index contributed by atoms with van der Waals surface area (Å²) in [5.74, 6) is 3.15. The predicted molar refractivity (Wildman–Crippen MR) is 175 cm³/mol. The first-order valence-corrected chi connectivity index (χ1v) is 14.9. The van der Waals surface area contributed by atoms with Gasteiger partial charge in [-0.2, -0.15) is 20.1 Å². The van der Waals surface area contributed by atoms with E-state index in [1.165, 1.54) is 5.56 Å². The summed E-state index contributed by atoms with van der Waals surface area (Å²) in [5.41, 5.74) is 7.75. The number of piperidine rings is 1. The summed E-state index contributed by atoms with van der Waals surface area (Å²) in [6, 6.07) is 17.0. The van der Waals surface area contributed by atoms with Crippen LogP contribution in [-0.4, -0.2) is 41.4 Å². The molecular formula is C32H35Cl2N7O2. The Balaban J connectivity index is 1.39. The second kappa shape index (κ2) is 13.9. The van der Waals surface area contributed by atoms with E-state index >= 15 is 0 Å². The van der Waals surface area contributed by atoms with Crippen LogP contribution in [0.25, 0.3) is 0 Å². The molecule has 43 heavy (non-hydrogen) atoms. The van der Waals surface area contributed by atoms with E-state index in [1.807, 2.05) is 36.4 Å². The van der Waals surface area contributed by atoms with Gasteiger partial charge < -0.3 is 19.7 Å². The van der Waals surface area contributed by atoms with Crippen molar-refractivity contribution < 1.29 is 9.47 Å². The van der Waals surface area contributed by atoms with Crippen molar-refractivity contribution >= 4 is 52.9 Å². The summed E-state index contributed by atoms with van der Waals surface area (Å²) in [6.45, 7) is 8.43. The van der Waals surface area contributed by atoms with Gasteiger partial charge in [0.1, 0.15) is 6.61 Å². The summed E-state index contributed by atoms with van der Waals surface area (Å²) < 4.78 is 11.7. The van der Waals surface area contributed by atoms with Gasteiger partial charge in [-0.1, -0.05) is 54.4 Å². The van der Waals surface area contributed by atoms with Crippen molar-refractivity contribution in [1.29, 1.82) is 0 Å². The van der Waals surface area contributed by atoms with Crippen molar-refractivity contribution in [1.82, 2.24) is 15.0 Å². The number of para-hydroxylation sites is 1. The summed E-state index contributed by atoms with van der Waals surface area (Å²) in [7, 11) is 1.59. The number of hydrogen-bond donors (Lipinski definition) is 2. The van der Waals surface area contributed by atoms with Crippen molar-refractivity contribution in [3.63, 3.8) is 0 Å². The van der Waals surface area contributed by atoms with Gasteiger partial charge in [0.05, 0.1) is 13.3 Å². The molecule has 1 saturated heterocycles. The molecule has 11 heteroatoms. The Morgan fingerprint density at radius 3 is 2.53 bits per heavy atom. The molecule has 1 aliphatic heterocycles. The molecule has 3 aromatic carbocycles. The Morgan fingerprint density at radius 2 is 1.77 bits per heavy atom. The predicted octanol–water partition coefficient (Wildman–Crippen LogP) is 7.81. The van der Waals surface area contributed by atoms with Crippen LogP contribution in [0, 0.1) is 19.8 Å². The molecule has 9 nitrogen and oxygen atoms in total. The monoisotopic (exact) mass is 619 g/mol. The summed E-state index contributed by atoms with van der Waals surface area (Å²) in [4.78, 5) is 16.3. The molecule has 0 atom stereocenters. The molecule has 224 valence electrons. The van der Waals surface area contributed by atoms with Crippen molar-refractivity contribution in [3.05, 3.63) is 86.9 Å². The second-order valence-corrected chi connectivity index (χ2v) is 11.4. The number of rotatable bonds is 10. The Labute approximate surface area is 262 Å². The van der Waals surface area contributed by atoms with Gasteiger partial charge in [0.2, 0.25) is 17.8 Å². The Morgan fingerprint density at radius 1 is 1.00 bits per heavy atom. The fraction of sp³-hybridized carbons (Fsp3) is 0.312. The first kappa shape index (κ1) is 30.4. The number of halogens is 2. The van der Waals surface area contributed by atoms with E-state index in [4.69, 9.17) is 42.6 Å². The van der Waals surface area contributed by atoms with E-state index in [0.717, 1.165) is 42.7 Å². The van der Waals surface area contributed by atoms with Crippen LogP contribution in [0.15, 0.2) is 59.7 Å². The SMILES string of the molecule is COc1cccc(/C=N\Nc2nc(Nc3cccc(C)c3C)nc(N3CCC(C)CC3)n2)c1OCc1ccc(Cl)cc1Cl. The van der Waals surface area contributed by atoms with Crippen molar-refractivity contribution in [2.24, 2.45) is 11.0 Å². The lowest BCUT2D eigenvalue weighted by Crippen LogP contribution is -2.34. The van der Waals surface area contributed by atoms with Crippen LogP contribution in [0.5, 0.6) is 11.5 Å². The average Bonchev–Trinajstić information content (AvgIpc) is 2.99. The molecule has 0 saturated carbocycles. The topological polar surface area (TPSA) is 96.8 Å². The summed E-state index contributed by atoms with van der Waals surface area (Å²) >= 11 is 12.4. The smallest absolute Gasteiger partial charge is 0.250 e. The number of methoxy groups -OCH3 is 1. The number of nitrogens with one attached hydrogen (secondary N) is 2. The Hall–Kier alpha value is -4.08. The molecule has 0 spiro atoms. The zero-order chi connectivity index (χ0) is 30.3. The van der Waals surface area contributed by atoms with Crippen LogP contribution in [0.1, 0.15) is 42.0 Å². The maximum absolute atomic E-state index is 6.36. The highest BCUT2D eigenvalue weighted by molar-refractivity contribution is 6.35. The van der Waals surface area contributed by atoms with Crippen LogP contribution in [0.2, 0.25) is 10.0 Å². The maximum Gasteiger partial charge on any atom is 0.250 e. The molecule has 5 rings (SSSR count). The van der Waals surface area contributed by atoms with Gasteiger partial charge in [-0.25, -0.2) is 5.43 Å². The zero-order valence-electron chi connectivity index (χ0n) is 24.7. The third kappa shape index (κ3) is 7.66. The normalized spacial score (nSPS) is 13.8. The highest BCUT2D eigenvalue weighted by Gasteiger charge is 2.20. The fourth-order valence-electron chi connectivity index (χ4n) is 4.73. The highest BCUT2D eigenvalue weighted by atomic mass is 35.5. The summed E-state index contributed by atoms with van der Waals surface area (Å²) in [5, 5.41) is 8.92. The van der Waals surface area contributed by atoms with Gasteiger partial charge in [-0.05, 0) is 74.1 Å². The molecule has 0 unspecified atom stereocenters. The van der Waals surface area contributed by atoms with Crippen LogP contribution >= 0.6 is 23.2 Å². The third-order valence-corrected chi connectivity index (χ3v) is 8.11. The fourth-order valence-corrected chi connectivity index (χ4v) is 5.19. The van der Waals surface area contributed by atoms with Crippen molar-refractivity contribution in [2.45, 2.75) is 40.2 Å². The first-order chi connectivity index (χ1) is 20.8.